The van der Waals surface area contributed by atoms with Crippen LogP contribution in [0.2, 0.25) is 0 Å². The molecule has 0 radical (unpaired) electrons. The van der Waals surface area contributed by atoms with Crippen molar-refractivity contribution in [2.75, 3.05) is 31.5 Å². The SMILES string of the molecule is Cc1cc(C(=O)N2CCN([C@@H](C)C(=O)Nc3ncccn3)CC2)c(C)o1. The fourth-order valence-electron chi connectivity index (χ4n) is 3.07. The van der Waals surface area contributed by atoms with Crippen LogP contribution in [0.3, 0.4) is 0 Å². The van der Waals surface area contributed by atoms with Gasteiger partial charge in [0.1, 0.15) is 11.5 Å². The third kappa shape index (κ3) is 3.91. The summed E-state index contributed by atoms with van der Waals surface area (Å²) in [6.07, 6.45) is 3.16. The van der Waals surface area contributed by atoms with Crippen LogP contribution < -0.4 is 5.32 Å². The average Bonchev–Trinajstić information content (AvgIpc) is 2.99. The van der Waals surface area contributed by atoms with Crippen molar-refractivity contribution in [3.63, 3.8) is 0 Å². The molecule has 2 aromatic rings. The topological polar surface area (TPSA) is 91.6 Å². The molecule has 8 nitrogen and oxygen atoms in total. The number of nitrogens with one attached hydrogen (secondary N) is 1. The normalized spacial score (nSPS) is 16.3. The van der Waals surface area contributed by atoms with Gasteiger partial charge in [-0.1, -0.05) is 0 Å². The number of anilines is 1. The van der Waals surface area contributed by atoms with Gasteiger partial charge in [-0.3, -0.25) is 19.8 Å². The molecule has 2 amide bonds. The van der Waals surface area contributed by atoms with Crippen molar-refractivity contribution in [3.05, 3.63) is 41.6 Å². The number of nitrogens with zero attached hydrogens (tertiary/aromatic N) is 4. The zero-order valence-electron chi connectivity index (χ0n) is 15.2. The molecule has 0 aliphatic carbocycles. The van der Waals surface area contributed by atoms with Crippen LogP contribution >= 0.6 is 0 Å². The second-order valence-corrected chi connectivity index (χ2v) is 6.39. The summed E-state index contributed by atoms with van der Waals surface area (Å²) in [4.78, 5) is 36.9. The first-order valence-electron chi connectivity index (χ1n) is 8.64. The molecule has 0 aromatic carbocycles. The van der Waals surface area contributed by atoms with Crippen molar-refractivity contribution in [1.82, 2.24) is 19.8 Å². The summed E-state index contributed by atoms with van der Waals surface area (Å²) < 4.78 is 5.45. The molecule has 0 bridgehead atoms. The van der Waals surface area contributed by atoms with Crippen LogP contribution in [0.1, 0.15) is 28.8 Å². The zero-order valence-corrected chi connectivity index (χ0v) is 15.2. The van der Waals surface area contributed by atoms with E-state index in [-0.39, 0.29) is 17.9 Å². The lowest BCUT2D eigenvalue weighted by Gasteiger charge is -2.37. The van der Waals surface area contributed by atoms with Gasteiger partial charge in [0.15, 0.2) is 0 Å². The van der Waals surface area contributed by atoms with Gasteiger partial charge in [-0.05, 0) is 32.9 Å². The van der Waals surface area contributed by atoms with E-state index in [2.05, 4.69) is 20.2 Å². The molecular formula is C18H23N5O3. The van der Waals surface area contributed by atoms with Gasteiger partial charge in [0.05, 0.1) is 11.6 Å². The van der Waals surface area contributed by atoms with Gasteiger partial charge in [-0.25, -0.2) is 9.97 Å². The Morgan fingerprint density at radius 1 is 1.15 bits per heavy atom. The molecule has 1 N–H and O–H groups in total. The molecule has 0 unspecified atom stereocenters. The number of rotatable bonds is 4. The molecule has 1 saturated heterocycles. The summed E-state index contributed by atoms with van der Waals surface area (Å²) in [6.45, 7) is 7.88. The van der Waals surface area contributed by atoms with Gasteiger partial charge in [0.25, 0.3) is 5.91 Å². The van der Waals surface area contributed by atoms with Crippen molar-refractivity contribution in [1.29, 1.82) is 0 Å². The van der Waals surface area contributed by atoms with E-state index in [0.717, 1.165) is 5.76 Å². The molecule has 8 heteroatoms. The summed E-state index contributed by atoms with van der Waals surface area (Å²) in [6, 6.07) is 3.15. The highest BCUT2D eigenvalue weighted by molar-refractivity contribution is 5.95. The van der Waals surface area contributed by atoms with E-state index in [1.165, 1.54) is 0 Å². The first kappa shape index (κ1) is 18.1. The third-order valence-electron chi connectivity index (χ3n) is 4.60. The minimum absolute atomic E-state index is 0.0196. The highest BCUT2D eigenvalue weighted by Crippen LogP contribution is 2.18. The number of furan rings is 1. The maximum Gasteiger partial charge on any atom is 0.257 e. The first-order valence-corrected chi connectivity index (χ1v) is 8.64. The Morgan fingerprint density at radius 3 is 2.38 bits per heavy atom. The van der Waals surface area contributed by atoms with Gasteiger partial charge in [-0.2, -0.15) is 0 Å². The van der Waals surface area contributed by atoms with Crippen LogP contribution in [0, 0.1) is 13.8 Å². The van der Waals surface area contributed by atoms with Crippen molar-refractivity contribution in [2.24, 2.45) is 0 Å². The van der Waals surface area contributed by atoms with E-state index >= 15 is 0 Å². The van der Waals surface area contributed by atoms with Crippen molar-refractivity contribution in [2.45, 2.75) is 26.8 Å². The van der Waals surface area contributed by atoms with E-state index < -0.39 is 0 Å². The first-order chi connectivity index (χ1) is 12.5. The van der Waals surface area contributed by atoms with E-state index in [4.69, 9.17) is 4.42 Å². The smallest absolute Gasteiger partial charge is 0.257 e. The quantitative estimate of drug-likeness (QED) is 0.891. The molecular weight excluding hydrogens is 334 g/mol. The molecule has 0 saturated carbocycles. The standard InChI is InChI=1S/C18H23N5O3/c1-12-11-15(14(3)26-12)17(25)23-9-7-22(8-10-23)13(2)16(24)21-18-19-5-4-6-20-18/h4-6,11,13H,7-10H2,1-3H3,(H,19,20,21,24)/t13-/m0/s1. The number of carbonyl (C=O) groups excluding carboxylic acids is 2. The fraction of sp³-hybridized carbons (Fsp3) is 0.444. The Kier molecular flexibility index (Phi) is 5.32. The van der Waals surface area contributed by atoms with Gasteiger partial charge in [-0.15, -0.1) is 0 Å². The minimum atomic E-state index is -0.325. The Bertz CT molecular complexity index is 781. The molecule has 138 valence electrons. The number of aromatic nitrogens is 2. The lowest BCUT2D eigenvalue weighted by Crippen LogP contribution is -2.54. The monoisotopic (exact) mass is 357 g/mol. The largest absolute Gasteiger partial charge is 0.466 e. The second kappa shape index (κ2) is 7.65. The summed E-state index contributed by atoms with van der Waals surface area (Å²) in [5.41, 5.74) is 0.614. The molecule has 3 rings (SSSR count). The maximum atomic E-state index is 12.6. The zero-order chi connectivity index (χ0) is 18.7. The Labute approximate surface area is 152 Å². The van der Waals surface area contributed by atoms with Gasteiger partial charge in [0.2, 0.25) is 11.9 Å². The average molecular weight is 357 g/mol. The molecule has 1 fully saturated rings. The van der Waals surface area contributed by atoms with Crippen LogP contribution in [0.4, 0.5) is 5.95 Å². The predicted octanol–water partition coefficient (Wildman–Crippen LogP) is 1.47. The highest BCUT2D eigenvalue weighted by Gasteiger charge is 2.29. The molecule has 1 atom stereocenters. The fourth-order valence-corrected chi connectivity index (χ4v) is 3.07. The molecule has 26 heavy (non-hydrogen) atoms. The van der Waals surface area contributed by atoms with Gasteiger partial charge < -0.3 is 9.32 Å². The van der Waals surface area contributed by atoms with E-state index in [1.54, 1.807) is 36.4 Å². The second-order valence-electron chi connectivity index (χ2n) is 6.39. The highest BCUT2D eigenvalue weighted by atomic mass is 16.3. The summed E-state index contributed by atoms with van der Waals surface area (Å²) in [5.74, 6) is 1.50. The summed E-state index contributed by atoms with van der Waals surface area (Å²) >= 11 is 0. The minimum Gasteiger partial charge on any atom is -0.466 e. The Hall–Kier alpha value is -2.74. The summed E-state index contributed by atoms with van der Waals surface area (Å²) in [5, 5.41) is 2.71. The van der Waals surface area contributed by atoms with E-state index in [0.29, 0.717) is 43.5 Å². The van der Waals surface area contributed by atoms with Crippen LogP contribution in [0.5, 0.6) is 0 Å². The number of hydrogen-bond donors (Lipinski definition) is 1. The van der Waals surface area contributed by atoms with Gasteiger partial charge >= 0.3 is 0 Å². The van der Waals surface area contributed by atoms with Crippen molar-refractivity contribution < 1.29 is 14.0 Å². The molecule has 2 aromatic heterocycles. The third-order valence-corrected chi connectivity index (χ3v) is 4.60. The molecule has 3 heterocycles. The van der Waals surface area contributed by atoms with E-state index in [1.807, 2.05) is 13.8 Å². The van der Waals surface area contributed by atoms with Crippen LogP contribution in [-0.4, -0.2) is 63.8 Å². The molecule has 1 aliphatic heterocycles. The maximum absolute atomic E-state index is 12.6. The molecule has 0 spiro atoms. The van der Waals surface area contributed by atoms with E-state index in [9.17, 15) is 9.59 Å². The van der Waals surface area contributed by atoms with Crippen molar-refractivity contribution in [3.8, 4) is 0 Å². The van der Waals surface area contributed by atoms with Crippen LogP contribution in [-0.2, 0) is 4.79 Å². The Morgan fingerprint density at radius 2 is 1.81 bits per heavy atom. The van der Waals surface area contributed by atoms with Crippen LogP contribution in [0.15, 0.2) is 28.9 Å². The Balaban J connectivity index is 1.55. The number of piperazine rings is 1. The number of carbonyl (C=O) groups is 2. The number of aryl methyl sites for hydroxylation is 2. The number of amides is 2. The predicted molar refractivity (Wildman–Crippen MR) is 95.8 cm³/mol. The van der Waals surface area contributed by atoms with Gasteiger partial charge in [0, 0.05) is 38.6 Å². The number of hydrogen-bond acceptors (Lipinski definition) is 6. The molecule has 1 aliphatic rings. The summed E-state index contributed by atoms with van der Waals surface area (Å²) in [7, 11) is 0. The lowest BCUT2D eigenvalue weighted by atomic mass is 10.1. The van der Waals surface area contributed by atoms with Crippen molar-refractivity contribution >= 4 is 17.8 Å². The lowest BCUT2D eigenvalue weighted by molar-refractivity contribution is -0.121. The van der Waals surface area contributed by atoms with Crippen LogP contribution in [0.25, 0.3) is 0 Å².